The number of pyridine rings is 2. The number of carboxylic acid groups (broad SMARTS) is 1. The minimum Gasteiger partial charge on any atom is -0.477 e. The molecule has 6 heterocycles. The summed E-state index contributed by atoms with van der Waals surface area (Å²) in [5, 5.41) is 19.6. The third-order valence-corrected chi connectivity index (χ3v) is 8.38. The molecule has 0 bridgehead atoms. The van der Waals surface area contributed by atoms with Crippen molar-refractivity contribution in [3.05, 3.63) is 83.1 Å². The molecule has 0 saturated carbocycles. The number of nitriles is 1. The van der Waals surface area contributed by atoms with E-state index < -0.39 is 5.97 Å². The molecule has 2 fully saturated rings. The number of furan rings is 1. The van der Waals surface area contributed by atoms with Gasteiger partial charge in [0.15, 0.2) is 11.3 Å². The number of carbonyl (C=O) groups is 1. The Morgan fingerprint density at radius 3 is 2.70 bits per heavy atom. The van der Waals surface area contributed by atoms with E-state index in [0.29, 0.717) is 53.8 Å². The van der Waals surface area contributed by atoms with Crippen LogP contribution in [0.2, 0.25) is 0 Å². The Hall–Kier alpha value is -4.79. The number of likely N-dealkylation sites (tertiary alicyclic amines) is 1. The molecule has 0 amide bonds. The number of ether oxygens (including phenoxy) is 2. The first-order valence-electron chi connectivity index (χ1n) is 14.5. The van der Waals surface area contributed by atoms with Crippen LogP contribution in [-0.4, -0.2) is 61.3 Å². The number of fused-ring (bicyclic) bond motifs is 2. The number of hydrogen-bond acceptors (Lipinski definition) is 9. The molecule has 0 radical (unpaired) electrons. The van der Waals surface area contributed by atoms with E-state index in [1.54, 1.807) is 24.5 Å². The zero-order valence-corrected chi connectivity index (χ0v) is 23.5. The molecule has 218 valence electrons. The molecule has 0 spiro atoms. The lowest BCUT2D eigenvalue weighted by atomic mass is 9.93. The van der Waals surface area contributed by atoms with Gasteiger partial charge in [-0.25, -0.2) is 19.7 Å². The topological polar surface area (TPSA) is 140 Å². The lowest BCUT2D eigenvalue weighted by Crippen LogP contribution is -2.35. The molecule has 2 aliphatic rings. The monoisotopic (exact) mass is 578 g/mol. The second-order valence-electron chi connectivity index (χ2n) is 11.1. The van der Waals surface area contributed by atoms with E-state index in [1.807, 2.05) is 22.8 Å². The fourth-order valence-corrected chi connectivity index (χ4v) is 5.92. The number of aromatic nitrogens is 4. The summed E-state index contributed by atoms with van der Waals surface area (Å²) < 4.78 is 19.4. The van der Waals surface area contributed by atoms with Crippen molar-refractivity contribution in [3.8, 4) is 11.9 Å². The maximum atomic E-state index is 11.5. The van der Waals surface area contributed by atoms with Crippen molar-refractivity contribution in [3.63, 3.8) is 0 Å². The highest BCUT2D eigenvalue weighted by Crippen LogP contribution is 2.30. The van der Waals surface area contributed by atoms with Gasteiger partial charge in [0, 0.05) is 35.2 Å². The van der Waals surface area contributed by atoms with Crippen molar-refractivity contribution in [2.45, 2.75) is 51.0 Å². The maximum absolute atomic E-state index is 11.5. The highest BCUT2D eigenvalue weighted by Gasteiger charge is 2.26. The predicted molar refractivity (Wildman–Crippen MR) is 156 cm³/mol. The number of carboxylic acids is 1. The van der Waals surface area contributed by atoms with E-state index in [4.69, 9.17) is 23.9 Å². The highest BCUT2D eigenvalue weighted by molar-refractivity contribution is 5.88. The number of imidazole rings is 1. The van der Waals surface area contributed by atoms with Crippen LogP contribution >= 0.6 is 0 Å². The average molecular weight is 579 g/mol. The Morgan fingerprint density at radius 2 is 1.93 bits per heavy atom. The number of aromatic carboxylic acids is 1. The summed E-state index contributed by atoms with van der Waals surface area (Å²) in [6, 6.07) is 16.8. The smallest absolute Gasteiger partial charge is 0.354 e. The Morgan fingerprint density at radius 1 is 1.07 bits per heavy atom. The van der Waals surface area contributed by atoms with Gasteiger partial charge in [0.1, 0.15) is 23.5 Å². The van der Waals surface area contributed by atoms with Crippen LogP contribution in [-0.2, 0) is 24.4 Å². The van der Waals surface area contributed by atoms with E-state index in [9.17, 15) is 15.2 Å². The third kappa shape index (κ3) is 5.43. The summed E-state index contributed by atoms with van der Waals surface area (Å²) in [6.07, 6.45) is 4.56. The van der Waals surface area contributed by atoms with Gasteiger partial charge in [0.25, 0.3) is 0 Å². The zero-order chi connectivity index (χ0) is 29.3. The molecular formula is C32H30N6O5. The van der Waals surface area contributed by atoms with Crippen LogP contribution in [0.4, 0.5) is 0 Å². The first-order valence-corrected chi connectivity index (χ1v) is 14.5. The van der Waals surface area contributed by atoms with Crippen molar-refractivity contribution in [2.75, 3.05) is 19.7 Å². The molecule has 1 N–H and O–H groups in total. The molecule has 5 aromatic rings. The lowest BCUT2D eigenvalue weighted by molar-refractivity contribution is -0.0593. The third-order valence-electron chi connectivity index (χ3n) is 8.38. The van der Waals surface area contributed by atoms with Crippen molar-refractivity contribution >= 4 is 28.1 Å². The van der Waals surface area contributed by atoms with Crippen LogP contribution in [0.3, 0.4) is 0 Å². The summed E-state index contributed by atoms with van der Waals surface area (Å²) >= 11 is 0. The Balaban J connectivity index is 1.01. The van der Waals surface area contributed by atoms with Gasteiger partial charge in [0.2, 0.25) is 5.88 Å². The highest BCUT2D eigenvalue weighted by atomic mass is 16.5. The predicted octanol–water partition coefficient (Wildman–Crippen LogP) is 4.89. The van der Waals surface area contributed by atoms with Gasteiger partial charge in [0.05, 0.1) is 37.1 Å². The molecule has 43 heavy (non-hydrogen) atoms. The molecule has 2 aliphatic heterocycles. The first kappa shape index (κ1) is 27.1. The van der Waals surface area contributed by atoms with E-state index in [2.05, 4.69) is 22.0 Å². The minimum absolute atomic E-state index is 0.0143. The van der Waals surface area contributed by atoms with Gasteiger partial charge in [-0.3, -0.25) is 4.90 Å². The van der Waals surface area contributed by atoms with Crippen molar-refractivity contribution < 1.29 is 23.8 Å². The van der Waals surface area contributed by atoms with E-state index in [1.165, 1.54) is 6.07 Å². The van der Waals surface area contributed by atoms with Gasteiger partial charge in [-0.1, -0.05) is 12.1 Å². The standard InChI is InChI=1S/C32H30N6O5/c33-16-21-4-5-22(30-24(21)11-15-42-30)19-43-29-3-1-2-25(35-29)20-8-12-37(13-9-20)18-28-34-26-6-7-27(32(39)40)36-31(26)38(28)17-23-10-14-41-23/h1-7,11,15,20,23H,8-10,12-14,17-19H2,(H,39,40)/t23-/m0/s1. The molecule has 1 aromatic carbocycles. The van der Waals surface area contributed by atoms with E-state index >= 15 is 0 Å². The van der Waals surface area contributed by atoms with Crippen LogP contribution < -0.4 is 4.74 Å². The number of benzene rings is 1. The molecule has 11 heteroatoms. The second-order valence-corrected chi connectivity index (χ2v) is 11.1. The first-order chi connectivity index (χ1) is 21.1. The fraction of sp³-hybridized carbons (Fsp3) is 0.344. The molecule has 2 saturated heterocycles. The van der Waals surface area contributed by atoms with Crippen LogP contribution in [0.15, 0.2) is 59.2 Å². The summed E-state index contributed by atoms with van der Waals surface area (Å²) in [7, 11) is 0. The Kier molecular flexibility index (Phi) is 7.22. The van der Waals surface area contributed by atoms with Gasteiger partial charge in [-0.15, -0.1) is 0 Å². The summed E-state index contributed by atoms with van der Waals surface area (Å²) in [6.45, 7) is 4.08. The Labute approximate surface area is 247 Å². The van der Waals surface area contributed by atoms with E-state index in [-0.39, 0.29) is 11.8 Å². The van der Waals surface area contributed by atoms with E-state index in [0.717, 1.165) is 61.4 Å². The quantitative estimate of drug-likeness (QED) is 0.257. The minimum atomic E-state index is -1.05. The number of piperidine rings is 1. The number of rotatable bonds is 9. The second kappa shape index (κ2) is 11.5. The van der Waals surface area contributed by atoms with Gasteiger partial charge in [-0.05, 0) is 62.7 Å². The normalized spacial score (nSPS) is 17.6. The van der Waals surface area contributed by atoms with Gasteiger partial charge in [-0.2, -0.15) is 5.26 Å². The maximum Gasteiger partial charge on any atom is 0.354 e. The largest absolute Gasteiger partial charge is 0.477 e. The van der Waals surface area contributed by atoms with Crippen molar-refractivity contribution in [1.29, 1.82) is 5.26 Å². The summed E-state index contributed by atoms with van der Waals surface area (Å²) in [4.78, 5) is 28.0. The molecular weight excluding hydrogens is 548 g/mol. The molecule has 0 unspecified atom stereocenters. The van der Waals surface area contributed by atoms with Crippen LogP contribution in [0.25, 0.3) is 22.1 Å². The average Bonchev–Trinajstić information content (AvgIpc) is 3.63. The van der Waals surface area contributed by atoms with Gasteiger partial charge >= 0.3 is 5.97 Å². The lowest BCUT2D eigenvalue weighted by Gasteiger charge is -2.32. The zero-order valence-electron chi connectivity index (χ0n) is 23.5. The number of hydrogen-bond donors (Lipinski definition) is 1. The molecule has 0 aliphatic carbocycles. The van der Waals surface area contributed by atoms with Gasteiger partial charge < -0.3 is 23.6 Å². The molecule has 7 rings (SSSR count). The molecule has 4 aromatic heterocycles. The van der Waals surface area contributed by atoms with Crippen LogP contribution in [0, 0.1) is 11.3 Å². The molecule has 11 nitrogen and oxygen atoms in total. The SMILES string of the molecule is N#Cc1ccc(COc2cccc(C3CCN(Cc4nc5ccc(C(=O)O)nc5n4C[C@@H]4CCO4)CC3)n2)c2occc12. The van der Waals surface area contributed by atoms with Crippen molar-refractivity contribution in [2.24, 2.45) is 0 Å². The number of nitrogens with zero attached hydrogens (tertiary/aromatic N) is 6. The Bertz CT molecular complexity index is 1840. The summed E-state index contributed by atoms with van der Waals surface area (Å²) in [5.74, 6) is 0.698. The van der Waals surface area contributed by atoms with Crippen molar-refractivity contribution in [1.82, 2.24) is 24.4 Å². The fourth-order valence-electron chi connectivity index (χ4n) is 5.92. The molecule has 1 atom stereocenters. The van der Waals surface area contributed by atoms with Crippen LogP contribution in [0.1, 0.15) is 58.3 Å². The van der Waals surface area contributed by atoms with Crippen LogP contribution in [0.5, 0.6) is 5.88 Å². The summed E-state index contributed by atoms with van der Waals surface area (Å²) in [5.41, 5.74) is 4.42.